The number of carboxylic acid groups (broad SMARTS) is 1. The van der Waals surface area contributed by atoms with E-state index in [2.05, 4.69) is 4.98 Å². The highest BCUT2D eigenvalue weighted by atomic mass is 35.5. The van der Waals surface area contributed by atoms with Crippen LogP contribution >= 0.6 is 11.6 Å². The van der Waals surface area contributed by atoms with Gasteiger partial charge in [0.2, 0.25) is 0 Å². The van der Waals surface area contributed by atoms with Crippen molar-refractivity contribution in [3.8, 4) is 11.5 Å². The second-order valence-corrected chi connectivity index (χ2v) is 8.34. The highest BCUT2D eigenvalue weighted by molar-refractivity contribution is 6.35. The highest BCUT2D eigenvalue weighted by Crippen LogP contribution is 2.40. The minimum atomic E-state index is -1.83. The van der Waals surface area contributed by atoms with Gasteiger partial charge in [0.25, 0.3) is 0 Å². The van der Waals surface area contributed by atoms with Crippen LogP contribution in [0.1, 0.15) is 0 Å². The van der Waals surface area contributed by atoms with Gasteiger partial charge in [0.05, 0.1) is 10.5 Å². The van der Waals surface area contributed by atoms with Crippen LogP contribution in [0.3, 0.4) is 0 Å². The van der Waals surface area contributed by atoms with Crippen LogP contribution in [0.25, 0.3) is 10.9 Å². The van der Waals surface area contributed by atoms with Crippen LogP contribution in [-0.4, -0.2) is 75.2 Å². The second kappa shape index (κ2) is 8.90. The van der Waals surface area contributed by atoms with Crippen molar-refractivity contribution in [1.82, 2.24) is 4.98 Å². The molecule has 0 aliphatic carbocycles. The summed E-state index contributed by atoms with van der Waals surface area (Å²) in [4.78, 5) is 17.8. The molecule has 2 aliphatic heterocycles. The normalized spacial score (nSPS) is 26.3. The Balaban J connectivity index is 1.66. The number of carboxylic acids is 1. The largest absolute Gasteiger partial charge is 0.486 e. The first-order valence-corrected chi connectivity index (χ1v) is 10.9. The van der Waals surface area contributed by atoms with E-state index in [9.17, 15) is 25.2 Å². The number of rotatable bonds is 4. The molecule has 5 atom stereocenters. The summed E-state index contributed by atoms with van der Waals surface area (Å²) in [6.45, 7) is 0.741. The molecular weight excluding hydrogens is 468 g/mol. The predicted octanol–water partition coefficient (Wildman–Crippen LogP) is 1.69. The monoisotopic (exact) mass is 488 g/mol. The number of aliphatic hydroxyl groups excluding tert-OH is 3. The SMILES string of the molecule is O=C(O)[C@H]1O[C@@H](N(c2ccc3c(c2)OCCO3)c2ccc3cccc(Cl)c3n2)[C@H](O)[C@@H](O)[C@@H]1O. The number of hydrogen-bond acceptors (Lipinski definition) is 9. The van der Waals surface area contributed by atoms with Gasteiger partial charge in [-0.1, -0.05) is 23.7 Å². The topological polar surface area (TPSA) is 142 Å². The van der Waals surface area contributed by atoms with Crippen molar-refractivity contribution in [1.29, 1.82) is 0 Å². The molecule has 0 bridgehead atoms. The lowest BCUT2D eigenvalue weighted by Crippen LogP contribution is -2.63. The maximum atomic E-state index is 11.7. The summed E-state index contributed by atoms with van der Waals surface area (Å²) in [5, 5.41) is 42.1. The fourth-order valence-corrected chi connectivity index (χ4v) is 4.33. The quantitative estimate of drug-likeness (QED) is 0.428. The van der Waals surface area contributed by atoms with Crippen molar-refractivity contribution in [2.75, 3.05) is 18.1 Å². The summed E-state index contributed by atoms with van der Waals surface area (Å²) < 4.78 is 16.9. The molecule has 2 aromatic carbocycles. The summed E-state index contributed by atoms with van der Waals surface area (Å²) in [6, 6.07) is 13.7. The van der Waals surface area contributed by atoms with Crippen molar-refractivity contribution in [2.45, 2.75) is 30.6 Å². The molecule has 1 fully saturated rings. The van der Waals surface area contributed by atoms with E-state index in [0.29, 0.717) is 40.9 Å². The average Bonchev–Trinajstić information content (AvgIpc) is 2.84. The van der Waals surface area contributed by atoms with Crippen LogP contribution in [-0.2, 0) is 9.53 Å². The standard InChI is InChI=1S/C23H21ClN2O8/c24-13-3-1-2-11-4-7-16(25-17(11)13)26(12-5-6-14-15(10-12)33-9-8-32-14)22-20(29)18(27)19(28)21(34-22)23(30)31/h1-7,10,18-22,27-29H,8-9H2,(H,30,31)/t18-,19-,20+,21-,22+/m0/s1. The number of aromatic nitrogens is 1. The van der Waals surface area contributed by atoms with E-state index in [4.69, 9.17) is 25.8 Å². The van der Waals surface area contributed by atoms with E-state index in [1.807, 2.05) is 6.07 Å². The molecule has 2 aliphatic rings. The number of ether oxygens (including phenoxy) is 3. The summed E-state index contributed by atoms with van der Waals surface area (Å²) >= 11 is 6.35. The summed E-state index contributed by atoms with van der Waals surface area (Å²) in [5.74, 6) is -0.268. The number of anilines is 2. The van der Waals surface area contributed by atoms with E-state index < -0.39 is 36.6 Å². The zero-order chi connectivity index (χ0) is 24.0. The third-order valence-electron chi connectivity index (χ3n) is 5.79. The number of aliphatic hydroxyl groups is 3. The van der Waals surface area contributed by atoms with Crippen LogP contribution in [0.2, 0.25) is 5.02 Å². The Bertz CT molecular complexity index is 1240. The number of benzene rings is 2. The molecule has 5 rings (SSSR count). The first kappa shape index (κ1) is 22.6. The molecule has 10 nitrogen and oxygen atoms in total. The Kier molecular flexibility index (Phi) is 5.92. The molecule has 3 aromatic rings. The Morgan fingerprint density at radius 3 is 2.50 bits per heavy atom. The number of fused-ring (bicyclic) bond motifs is 2. The molecule has 0 amide bonds. The first-order valence-electron chi connectivity index (χ1n) is 10.5. The number of pyridine rings is 1. The Morgan fingerprint density at radius 1 is 0.971 bits per heavy atom. The van der Waals surface area contributed by atoms with Gasteiger partial charge in [-0.25, -0.2) is 9.78 Å². The number of carbonyl (C=O) groups is 1. The molecule has 1 saturated heterocycles. The van der Waals surface area contributed by atoms with Crippen molar-refractivity contribution < 1.29 is 39.4 Å². The zero-order valence-electron chi connectivity index (χ0n) is 17.6. The van der Waals surface area contributed by atoms with E-state index >= 15 is 0 Å². The molecule has 3 heterocycles. The fourth-order valence-electron chi connectivity index (χ4n) is 4.11. The minimum Gasteiger partial charge on any atom is -0.486 e. The van der Waals surface area contributed by atoms with Crippen LogP contribution in [0.4, 0.5) is 11.5 Å². The van der Waals surface area contributed by atoms with Gasteiger partial charge in [-0.05, 0) is 30.3 Å². The van der Waals surface area contributed by atoms with E-state index in [-0.39, 0.29) is 5.82 Å². The molecule has 0 saturated carbocycles. The number of hydrogen-bond donors (Lipinski definition) is 4. The third-order valence-corrected chi connectivity index (χ3v) is 6.10. The van der Waals surface area contributed by atoms with Crippen LogP contribution < -0.4 is 14.4 Å². The third kappa shape index (κ3) is 3.89. The fraction of sp³-hybridized carbons (Fsp3) is 0.304. The number of aliphatic carboxylic acids is 1. The van der Waals surface area contributed by atoms with Gasteiger partial charge in [0.1, 0.15) is 37.3 Å². The number of nitrogens with zero attached hydrogens (tertiary/aromatic N) is 2. The van der Waals surface area contributed by atoms with Gasteiger partial charge in [-0.3, -0.25) is 4.90 Å². The highest BCUT2D eigenvalue weighted by Gasteiger charge is 2.49. The lowest BCUT2D eigenvalue weighted by Gasteiger charge is -2.44. The number of halogens is 1. The van der Waals surface area contributed by atoms with Crippen LogP contribution in [0.5, 0.6) is 11.5 Å². The molecule has 34 heavy (non-hydrogen) atoms. The zero-order valence-corrected chi connectivity index (χ0v) is 18.4. The van der Waals surface area contributed by atoms with E-state index in [1.165, 1.54) is 4.90 Å². The smallest absolute Gasteiger partial charge is 0.335 e. The summed E-state index contributed by atoms with van der Waals surface area (Å²) in [6.07, 6.45) is -8.50. The van der Waals surface area contributed by atoms with Gasteiger partial charge in [-0.2, -0.15) is 0 Å². The molecule has 11 heteroatoms. The van der Waals surface area contributed by atoms with Crippen LogP contribution in [0, 0.1) is 0 Å². The predicted molar refractivity (Wildman–Crippen MR) is 121 cm³/mol. The Morgan fingerprint density at radius 2 is 1.74 bits per heavy atom. The Hall–Kier alpha value is -3.15. The molecule has 4 N–H and O–H groups in total. The van der Waals surface area contributed by atoms with Gasteiger partial charge in [-0.15, -0.1) is 0 Å². The molecule has 0 spiro atoms. The summed E-state index contributed by atoms with van der Waals surface area (Å²) in [5.41, 5.74) is 0.893. The van der Waals surface area contributed by atoms with Crippen molar-refractivity contribution in [2.24, 2.45) is 0 Å². The lowest BCUT2D eigenvalue weighted by molar-refractivity contribution is -0.225. The average molecular weight is 489 g/mol. The van der Waals surface area contributed by atoms with Crippen molar-refractivity contribution in [3.05, 3.63) is 53.6 Å². The van der Waals surface area contributed by atoms with E-state index in [1.54, 1.807) is 42.5 Å². The van der Waals surface area contributed by atoms with Gasteiger partial charge in [0.15, 0.2) is 23.8 Å². The molecular formula is C23H21ClN2O8. The summed E-state index contributed by atoms with van der Waals surface area (Å²) in [7, 11) is 0. The van der Waals surface area contributed by atoms with Crippen molar-refractivity contribution >= 4 is 40.0 Å². The molecule has 1 aromatic heterocycles. The van der Waals surface area contributed by atoms with Crippen LogP contribution in [0.15, 0.2) is 48.5 Å². The van der Waals surface area contributed by atoms with Gasteiger partial charge >= 0.3 is 5.97 Å². The molecule has 178 valence electrons. The van der Waals surface area contributed by atoms with Gasteiger partial charge in [0, 0.05) is 17.1 Å². The lowest BCUT2D eigenvalue weighted by atomic mass is 9.97. The number of para-hydroxylation sites is 1. The first-order chi connectivity index (χ1) is 16.3. The minimum absolute atomic E-state index is 0.258. The van der Waals surface area contributed by atoms with E-state index in [0.717, 1.165) is 5.39 Å². The maximum Gasteiger partial charge on any atom is 0.335 e. The van der Waals surface area contributed by atoms with Gasteiger partial charge < -0.3 is 34.6 Å². The molecule has 0 radical (unpaired) electrons. The van der Waals surface area contributed by atoms with Crippen molar-refractivity contribution in [3.63, 3.8) is 0 Å². The Labute approximate surface area is 198 Å². The second-order valence-electron chi connectivity index (χ2n) is 7.94. The maximum absolute atomic E-state index is 11.7. The molecule has 0 unspecified atom stereocenters.